The second-order valence-corrected chi connectivity index (χ2v) is 4.97. The number of hydrogen-bond donors (Lipinski definition) is 0. The molecular formula is C16H25NO2. The van der Waals surface area contributed by atoms with Gasteiger partial charge in [-0.15, -0.1) is 0 Å². The molecule has 1 rings (SSSR count). The van der Waals surface area contributed by atoms with Crippen molar-refractivity contribution >= 4 is 11.7 Å². The standard InChI is InChI=1S/C16H25NO2/c1-5-11-17(13(3)4)15-9-7-14(8-10-15)16(18)19-12-6-2/h7-10,13H,5-6,11-12H2,1-4H3. The number of esters is 1. The van der Waals surface area contributed by atoms with Gasteiger partial charge in [0, 0.05) is 18.3 Å². The molecule has 3 nitrogen and oxygen atoms in total. The lowest BCUT2D eigenvalue weighted by Gasteiger charge is -2.28. The molecule has 0 bridgehead atoms. The molecule has 0 aliphatic rings. The maximum Gasteiger partial charge on any atom is 0.338 e. The Hall–Kier alpha value is -1.51. The first-order valence-electron chi connectivity index (χ1n) is 7.14. The second kappa shape index (κ2) is 7.82. The Labute approximate surface area is 116 Å². The topological polar surface area (TPSA) is 29.5 Å². The van der Waals surface area contributed by atoms with E-state index in [0.29, 0.717) is 18.2 Å². The molecule has 1 aromatic carbocycles. The first-order chi connectivity index (χ1) is 9.10. The number of anilines is 1. The van der Waals surface area contributed by atoms with Gasteiger partial charge in [-0.05, 0) is 51.0 Å². The summed E-state index contributed by atoms with van der Waals surface area (Å²) in [7, 11) is 0. The lowest BCUT2D eigenvalue weighted by atomic mass is 10.1. The average molecular weight is 263 g/mol. The van der Waals surface area contributed by atoms with Crippen LogP contribution in [0.5, 0.6) is 0 Å². The van der Waals surface area contributed by atoms with E-state index in [2.05, 4.69) is 25.7 Å². The smallest absolute Gasteiger partial charge is 0.338 e. The summed E-state index contributed by atoms with van der Waals surface area (Å²) in [6.45, 7) is 10.0. The van der Waals surface area contributed by atoms with E-state index in [0.717, 1.165) is 25.1 Å². The lowest BCUT2D eigenvalue weighted by molar-refractivity contribution is 0.0505. The van der Waals surface area contributed by atoms with Crippen LogP contribution in [0.3, 0.4) is 0 Å². The maximum absolute atomic E-state index is 11.7. The Morgan fingerprint density at radius 3 is 2.26 bits per heavy atom. The van der Waals surface area contributed by atoms with Gasteiger partial charge in [0.1, 0.15) is 0 Å². The molecule has 0 radical (unpaired) electrons. The third kappa shape index (κ3) is 4.58. The normalized spacial score (nSPS) is 10.6. The van der Waals surface area contributed by atoms with E-state index in [1.54, 1.807) is 0 Å². The summed E-state index contributed by atoms with van der Waals surface area (Å²) < 4.78 is 5.12. The third-order valence-corrected chi connectivity index (χ3v) is 2.96. The van der Waals surface area contributed by atoms with E-state index >= 15 is 0 Å². The monoisotopic (exact) mass is 263 g/mol. The zero-order chi connectivity index (χ0) is 14.3. The van der Waals surface area contributed by atoms with Crippen LogP contribution >= 0.6 is 0 Å². The number of hydrogen-bond acceptors (Lipinski definition) is 3. The first kappa shape index (κ1) is 15.5. The number of ether oxygens (including phenoxy) is 1. The van der Waals surface area contributed by atoms with Crippen LogP contribution in [0.15, 0.2) is 24.3 Å². The van der Waals surface area contributed by atoms with E-state index in [1.807, 2.05) is 31.2 Å². The highest BCUT2D eigenvalue weighted by Crippen LogP contribution is 2.18. The van der Waals surface area contributed by atoms with Crippen LogP contribution < -0.4 is 4.90 Å². The quantitative estimate of drug-likeness (QED) is 0.699. The van der Waals surface area contributed by atoms with Gasteiger partial charge in [0.15, 0.2) is 0 Å². The molecule has 106 valence electrons. The molecular weight excluding hydrogens is 238 g/mol. The molecule has 0 fully saturated rings. The van der Waals surface area contributed by atoms with E-state index in [1.165, 1.54) is 0 Å². The number of nitrogens with zero attached hydrogens (tertiary/aromatic N) is 1. The van der Waals surface area contributed by atoms with Crippen molar-refractivity contribution in [3.8, 4) is 0 Å². The van der Waals surface area contributed by atoms with Crippen molar-refractivity contribution in [1.29, 1.82) is 0 Å². The largest absolute Gasteiger partial charge is 0.462 e. The summed E-state index contributed by atoms with van der Waals surface area (Å²) in [5, 5.41) is 0. The molecule has 1 aromatic rings. The van der Waals surface area contributed by atoms with Crippen molar-refractivity contribution in [3.05, 3.63) is 29.8 Å². The highest BCUT2D eigenvalue weighted by molar-refractivity contribution is 5.89. The zero-order valence-electron chi connectivity index (χ0n) is 12.5. The molecule has 0 aliphatic carbocycles. The molecule has 0 saturated carbocycles. The SMILES string of the molecule is CCCOC(=O)c1ccc(N(CCC)C(C)C)cc1. The number of benzene rings is 1. The molecule has 0 aromatic heterocycles. The van der Waals surface area contributed by atoms with Gasteiger partial charge >= 0.3 is 5.97 Å². The van der Waals surface area contributed by atoms with E-state index in [-0.39, 0.29) is 5.97 Å². The summed E-state index contributed by atoms with van der Waals surface area (Å²) in [5.41, 5.74) is 1.78. The lowest BCUT2D eigenvalue weighted by Crippen LogP contribution is -2.31. The fourth-order valence-corrected chi connectivity index (χ4v) is 1.99. The van der Waals surface area contributed by atoms with Crippen molar-refractivity contribution in [2.45, 2.75) is 46.6 Å². The van der Waals surface area contributed by atoms with E-state index < -0.39 is 0 Å². The Morgan fingerprint density at radius 2 is 1.79 bits per heavy atom. The molecule has 0 saturated heterocycles. The van der Waals surface area contributed by atoms with E-state index in [9.17, 15) is 4.79 Å². The summed E-state index contributed by atoms with van der Waals surface area (Å²) in [4.78, 5) is 14.0. The minimum Gasteiger partial charge on any atom is -0.462 e. The van der Waals surface area contributed by atoms with Crippen molar-refractivity contribution in [2.24, 2.45) is 0 Å². The van der Waals surface area contributed by atoms with Crippen molar-refractivity contribution < 1.29 is 9.53 Å². The zero-order valence-corrected chi connectivity index (χ0v) is 12.5. The van der Waals surface area contributed by atoms with Crippen LogP contribution in [-0.4, -0.2) is 25.2 Å². The van der Waals surface area contributed by atoms with E-state index in [4.69, 9.17) is 4.74 Å². The predicted octanol–water partition coefficient (Wildman–Crippen LogP) is 3.88. The Kier molecular flexibility index (Phi) is 6.40. The van der Waals surface area contributed by atoms with Gasteiger partial charge in [-0.25, -0.2) is 4.79 Å². The molecule has 0 heterocycles. The van der Waals surface area contributed by atoms with Gasteiger partial charge < -0.3 is 9.64 Å². The Morgan fingerprint density at radius 1 is 1.16 bits per heavy atom. The number of rotatable bonds is 7. The minimum absolute atomic E-state index is 0.236. The summed E-state index contributed by atoms with van der Waals surface area (Å²) in [6, 6.07) is 8.14. The molecule has 0 aliphatic heterocycles. The second-order valence-electron chi connectivity index (χ2n) is 4.97. The number of carbonyl (C=O) groups is 1. The molecule has 0 unspecified atom stereocenters. The summed E-state index contributed by atoms with van der Waals surface area (Å²) in [5.74, 6) is -0.236. The average Bonchev–Trinajstić information content (AvgIpc) is 2.42. The first-order valence-corrected chi connectivity index (χ1v) is 7.14. The molecule has 3 heteroatoms. The molecule has 0 atom stereocenters. The minimum atomic E-state index is -0.236. The highest BCUT2D eigenvalue weighted by Gasteiger charge is 2.11. The maximum atomic E-state index is 11.7. The summed E-state index contributed by atoms with van der Waals surface area (Å²) in [6.07, 6.45) is 1.96. The predicted molar refractivity (Wildman–Crippen MR) is 79.8 cm³/mol. The van der Waals surface area contributed by atoms with Gasteiger partial charge in [-0.2, -0.15) is 0 Å². The van der Waals surface area contributed by atoms with Crippen LogP contribution in [0, 0.1) is 0 Å². The molecule has 19 heavy (non-hydrogen) atoms. The molecule has 0 N–H and O–H groups in total. The van der Waals surface area contributed by atoms with Gasteiger partial charge in [0.25, 0.3) is 0 Å². The van der Waals surface area contributed by atoms with Crippen LogP contribution in [-0.2, 0) is 4.74 Å². The van der Waals surface area contributed by atoms with Crippen LogP contribution in [0.2, 0.25) is 0 Å². The van der Waals surface area contributed by atoms with Crippen molar-refractivity contribution in [1.82, 2.24) is 0 Å². The van der Waals surface area contributed by atoms with Crippen LogP contribution in [0.25, 0.3) is 0 Å². The van der Waals surface area contributed by atoms with Crippen LogP contribution in [0.4, 0.5) is 5.69 Å². The van der Waals surface area contributed by atoms with Gasteiger partial charge in [0.2, 0.25) is 0 Å². The van der Waals surface area contributed by atoms with Crippen molar-refractivity contribution in [3.63, 3.8) is 0 Å². The molecule has 0 amide bonds. The van der Waals surface area contributed by atoms with Crippen LogP contribution in [0.1, 0.15) is 50.9 Å². The van der Waals surface area contributed by atoms with Crippen molar-refractivity contribution in [2.75, 3.05) is 18.1 Å². The number of carbonyl (C=O) groups excluding carboxylic acids is 1. The third-order valence-electron chi connectivity index (χ3n) is 2.96. The Balaban J connectivity index is 2.76. The fourth-order valence-electron chi connectivity index (χ4n) is 1.99. The van der Waals surface area contributed by atoms with Gasteiger partial charge in [0.05, 0.1) is 12.2 Å². The van der Waals surface area contributed by atoms with Gasteiger partial charge in [-0.1, -0.05) is 13.8 Å². The highest BCUT2D eigenvalue weighted by atomic mass is 16.5. The molecule has 0 spiro atoms. The fraction of sp³-hybridized carbons (Fsp3) is 0.562. The van der Waals surface area contributed by atoms with Gasteiger partial charge in [-0.3, -0.25) is 0 Å². The summed E-state index contributed by atoms with van der Waals surface area (Å²) >= 11 is 0. The Bertz CT molecular complexity index is 384.